The highest BCUT2D eigenvalue weighted by molar-refractivity contribution is 6.34. The Morgan fingerprint density at radius 2 is 2.09 bits per heavy atom. The van der Waals surface area contributed by atoms with Crippen LogP contribution in [0.5, 0.6) is 0 Å². The van der Waals surface area contributed by atoms with Gasteiger partial charge in [0.05, 0.1) is 17.3 Å². The van der Waals surface area contributed by atoms with Crippen molar-refractivity contribution in [1.82, 2.24) is 10.3 Å². The molecule has 2 heterocycles. The maximum atomic E-state index is 12.6. The lowest BCUT2D eigenvalue weighted by Gasteiger charge is -2.21. The normalized spacial score (nSPS) is 17.0. The predicted octanol–water partition coefficient (Wildman–Crippen LogP) is 1.31. The second-order valence-electron chi connectivity index (χ2n) is 4.88. The van der Waals surface area contributed by atoms with Crippen molar-refractivity contribution in [3.8, 4) is 0 Å². The van der Waals surface area contributed by atoms with E-state index in [-0.39, 0.29) is 12.2 Å². The molecule has 0 radical (unpaired) electrons. The first-order valence-electron chi connectivity index (χ1n) is 7.18. The summed E-state index contributed by atoms with van der Waals surface area (Å²) in [5, 5.41) is 4.74. The van der Waals surface area contributed by atoms with Crippen LogP contribution in [0, 0.1) is 0 Å². The molecule has 0 atom stereocenters. The number of carbonyl (C=O) groups excluding carboxylic acids is 2. The standard InChI is InChI=1S/C15H15ClN4O3/c1-2-23-14(22)10-9-17-18-15-19(7-8-20(15)13(10)21)12-6-4-3-5-11(12)16/h3-6,9,17H,2,7-8H2,1H3. The molecule has 1 fully saturated rings. The van der Waals surface area contributed by atoms with Gasteiger partial charge in [0, 0.05) is 19.3 Å². The van der Waals surface area contributed by atoms with Crippen LogP contribution >= 0.6 is 11.6 Å². The van der Waals surface area contributed by atoms with Gasteiger partial charge < -0.3 is 9.64 Å². The SMILES string of the molecule is CCOC(=O)C1=CNN=C2N(CCN2c2ccccc2Cl)C1=O. The Kier molecular flexibility index (Phi) is 4.20. The van der Waals surface area contributed by atoms with E-state index in [4.69, 9.17) is 16.3 Å². The molecule has 1 amide bonds. The van der Waals surface area contributed by atoms with E-state index in [1.807, 2.05) is 23.1 Å². The molecule has 1 N–H and O–H groups in total. The number of nitrogens with one attached hydrogen (secondary N) is 1. The van der Waals surface area contributed by atoms with Crippen LogP contribution in [0.2, 0.25) is 5.02 Å². The summed E-state index contributed by atoms with van der Waals surface area (Å²) in [7, 11) is 0. The van der Waals surface area contributed by atoms with Gasteiger partial charge >= 0.3 is 5.97 Å². The molecule has 23 heavy (non-hydrogen) atoms. The van der Waals surface area contributed by atoms with Crippen molar-refractivity contribution in [2.24, 2.45) is 5.10 Å². The van der Waals surface area contributed by atoms with Crippen LogP contribution in [0.1, 0.15) is 6.92 Å². The van der Waals surface area contributed by atoms with Crippen molar-refractivity contribution < 1.29 is 14.3 Å². The lowest BCUT2D eigenvalue weighted by molar-refractivity contribution is -0.141. The highest BCUT2D eigenvalue weighted by atomic mass is 35.5. The number of guanidine groups is 1. The van der Waals surface area contributed by atoms with E-state index in [9.17, 15) is 9.59 Å². The van der Waals surface area contributed by atoms with Gasteiger partial charge in [0.1, 0.15) is 5.57 Å². The summed E-state index contributed by atoms with van der Waals surface area (Å²) < 4.78 is 4.91. The van der Waals surface area contributed by atoms with Crippen molar-refractivity contribution in [2.75, 3.05) is 24.6 Å². The van der Waals surface area contributed by atoms with Gasteiger partial charge in [-0.15, -0.1) is 5.10 Å². The highest BCUT2D eigenvalue weighted by Gasteiger charge is 2.38. The Morgan fingerprint density at radius 1 is 1.35 bits per heavy atom. The third-order valence-corrected chi connectivity index (χ3v) is 3.84. The quantitative estimate of drug-likeness (QED) is 0.666. The summed E-state index contributed by atoms with van der Waals surface area (Å²) >= 11 is 6.23. The maximum absolute atomic E-state index is 12.6. The Morgan fingerprint density at radius 3 is 2.83 bits per heavy atom. The molecule has 0 aromatic heterocycles. The number of hydrogen-bond acceptors (Lipinski definition) is 6. The third-order valence-electron chi connectivity index (χ3n) is 3.52. The summed E-state index contributed by atoms with van der Waals surface area (Å²) in [6.07, 6.45) is 1.26. The fraction of sp³-hybridized carbons (Fsp3) is 0.267. The Balaban J connectivity index is 1.88. The summed E-state index contributed by atoms with van der Waals surface area (Å²) in [5.41, 5.74) is 3.31. The monoisotopic (exact) mass is 334 g/mol. The summed E-state index contributed by atoms with van der Waals surface area (Å²) in [6.45, 7) is 2.82. The second-order valence-corrected chi connectivity index (χ2v) is 5.29. The smallest absolute Gasteiger partial charge is 0.345 e. The fourth-order valence-electron chi connectivity index (χ4n) is 2.47. The molecule has 1 aromatic rings. The van der Waals surface area contributed by atoms with Crippen LogP contribution in [0.3, 0.4) is 0 Å². The van der Waals surface area contributed by atoms with Gasteiger partial charge in [-0.2, -0.15) is 0 Å². The van der Waals surface area contributed by atoms with Crippen LogP contribution in [-0.2, 0) is 14.3 Å². The Labute approximate surface area is 138 Å². The number of halogens is 1. The molecule has 8 heteroatoms. The molecule has 7 nitrogen and oxygen atoms in total. The number of carbonyl (C=O) groups is 2. The Bertz CT molecular complexity index is 716. The molecule has 0 bridgehead atoms. The van der Waals surface area contributed by atoms with E-state index in [1.54, 1.807) is 13.0 Å². The van der Waals surface area contributed by atoms with Crippen LogP contribution in [0.4, 0.5) is 5.69 Å². The zero-order chi connectivity index (χ0) is 16.4. The number of hydrogen-bond donors (Lipinski definition) is 1. The molecule has 3 rings (SSSR count). The molecule has 1 saturated heterocycles. The Hall–Kier alpha value is -2.54. The number of ether oxygens (including phenoxy) is 1. The lowest BCUT2D eigenvalue weighted by atomic mass is 10.2. The van der Waals surface area contributed by atoms with Gasteiger partial charge in [0.15, 0.2) is 0 Å². The molecule has 0 unspecified atom stereocenters. The van der Waals surface area contributed by atoms with E-state index in [2.05, 4.69) is 10.5 Å². The predicted molar refractivity (Wildman–Crippen MR) is 85.8 cm³/mol. The van der Waals surface area contributed by atoms with E-state index >= 15 is 0 Å². The number of nitrogens with zero attached hydrogens (tertiary/aromatic N) is 3. The summed E-state index contributed by atoms with van der Waals surface area (Å²) in [5.74, 6) is -0.710. The topological polar surface area (TPSA) is 74.2 Å². The first kappa shape index (κ1) is 15.4. The molecule has 120 valence electrons. The summed E-state index contributed by atoms with van der Waals surface area (Å²) in [6, 6.07) is 7.31. The van der Waals surface area contributed by atoms with Gasteiger partial charge in [-0.3, -0.25) is 15.1 Å². The van der Waals surface area contributed by atoms with E-state index in [1.165, 1.54) is 11.1 Å². The van der Waals surface area contributed by atoms with E-state index < -0.39 is 11.9 Å². The van der Waals surface area contributed by atoms with Gasteiger partial charge in [0.25, 0.3) is 5.91 Å². The lowest BCUT2D eigenvalue weighted by Crippen LogP contribution is -2.39. The minimum absolute atomic E-state index is 0.0772. The molecule has 2 aliphatic rings. The van der Waals surface area contributed by atoms with Crippen molar-refractivity contribution >= 4 is 35.1 Å². The molecule has 0 aliphatic carbocycles. The molecule has 2 aliphatic heterocycles. The number of benzene rings is 1. The van der Waals surface area contributed by atoms with Crippen LogP contribution in [0.25, 0.3) is 0 Å². The minimum Gasteiger partial charge on any atom is -0.462 e. The molecule has 1 aromatic carbocycles. The second kappa shape index (κ2) is 6.29. The number of amides is 1. The average molecular weight is 335 g/mol. The fourth-order valence-corrected chi connectivity index (χ4v) is 2.71. The number of esters is 1. The van der Waals surface area contributed by atoms with Crippen LogP contribution in [-0.4, -0.2) is 42.4 Å². The average Bonchev–Trinajstić information content (AvgIpc) is 2.88. The number of hydrazone groups is 1. The van der Waals surface area contributed by atoms with Crippen molar-refractivity contribution in [1.29, 1.82) is 0 Å². The molecule has 0 saturated carbocycles. The first-order chi connectivity index (χ1) is 11.1. The highest BCUT2D eigenvalue weighted by Crippen LogP contribution is 2.29. The van der Waals surface area contributed by atoms with Crippen molar-refractivity contribution in [2.45, 2.75) is 6.92 Å². The molecular weight excluding hydrogens is 320 g/mol. The number of anilines is 1. The first-order valence-corrected chi connectivity index (χ1v) is 7.55. The van der Waals surface area contributed by atoms with Gasteiger partial charge in [0.2, 0.25) is 5.96 Å². The maximum Gasteiger partial charge on any atom is 0.345 e. The molecular formula is C15H15ClN4O3. The van der Waals surface area contributed by atoms with Crippen LogP contribution < -0.4 is 10.3 Å². The van der Waals surface area contributed by atoms with E-state index in [0.717, 1.165) is 5.69 Å². The summed E-state index contributed by atoms with van der Waals surface area (Å²) in [4.78, 5) is 27.7. The third kappa shape index (κ3) is 2.75. The largest absolute Gasteiger partial charge is 0.462 e. The van der Waals surface area contributed by atoms with Crippen molar-refractivity contribution in [3.05, 3.63) is 41.1 Å². The minimum atomic E-state index is -0.669. The van der Waals surface area contributed by atoms with Gasteiger partial charge in [-0.1, -0.05) is 23.7 Å². The number of para-hydroxylation sites is 1. The number of fused-ring (bicyclic) bond motifs is 1. The zero-order valence-electron chi connectivity index (χ0n) is 12.5. The van der Waals surface area contributed by atoms with E-state index in [0.29, 0.717) is 24.1 Å². The van der Waals surface area contributed by atoms with Crippen molar-refractivity contribution in [3.63, 3.8) is 0 Å². The van der Waals surface area contributed by atoms with Gasteiger partial charge in [-0.25, -0.2) is 4.79 Å². The van der Waals surface area contributed by atoms with Gasteiger partial charge in [-0.05, 0) is 19.1 Å². The zero-order valence-corrected chi connectivity index (χ0v) is 13.2. The van der Waals surface area contributed by atoms with Crippen LogP contribution in [0.15, 0.2) is 41.1 Å². The number of rotatable bonds is 3. The molecule has 0 spiro atoms.